The Bertz CT molecular complexity index is 912. The summed E-state index contributed by atoms with van der Waals surface area (Å²) in [5, 5.41) is 20.6. The summed E-state index contributed by atoms with van der Waals surface area (Å²) in [6.45, 7) is 1.91. The number of rotatable bonds is 2. The van der Waals surface area contributed by atoms with E-state index in [0.717, 1.165) is 16.7 Å². The van der Waals surface area contributed by atoms with Gasteiger partial charge in [-0.3, -0.25) is 5.32 Å². The van der Waals surface area contributed by atoms with Crippen molar-refractivity contribution in [1.29, 1.82) is 0 Å². The van der Waals surface area contributed by atoms with Crippen molar-refractivity contribution in [3.05, 3.63) is 64.2 Å². The summed E-state index contributed by atoms with van der Waals surface area (Å²) in [6, 6.07) is 11.9. The van der Waals surface area contributed by atoms with Crippen LogP contribution < -0.4 is 10.6 Å². The molecule has 0 aliphatic carbocycles. The Balaban J connectivity index is 2.18. The number of carbonyl (C=O) groups is 2. The van der Waals surface area contributed by atoms with E-state index in [4.69, 9.17) is 16.7 Å². The van der Waals surface area contributed by atoms with E-state index in [1.54, 1.807) is 31.3 Å². The molecule has 0 fully saturated rings. The molecule has 1 heterocycles. The molecule has 0 aromatic heterocycles. The van der Waals surface area contributed by atoms with Crippen LogP contribution >= 0.6 is 11.6 Å². The minimum Gasteiger partial charge on any atom is -0.465 e. The largest absolute Gasteiger partial charge is 0.465 e. The lowest BCUT2D eigenvalue weighted by Gasteiger charge is -2.22. The normalized spacial score (nSPS) is 16.0. The third-order valence-corrected chi connectivity index (χ3v) is 4.55. The van der Waals surface area contributed by atoms with Crippen LogP contribution in [0.3, 0.4) is 0 Å². The van der Waals surface area contributed by atoms with E-state index in [9.17, 15) is 9.59 Å². The molecule has 0 bridgehead atoms. The first-order valence-electron chi connectivity index (χ1n) is 8.37. The van der Waals surface area contributed by atoms with Gasteiger partial charge in [-0.15, -0.1) is 0 Å². The molecule has 2 aromatic rings. The Kier molecular flexibility index (Phi) is 5.32. The molecule has 3 rings (SSSR count). The summed E-state index contributed by atoms with van der Waals surface area (Å²) in [5.41, 5.74) is 3.52. The van der Waals surface area contributed by atoms with Crippen molar-refractivity contribution in [2.24, 2.45) is 5.10 Å². The van der Waals surface area contributed by atoms with Gasteiger partial charge in [-0.1, -0.05) is 29.8 Å². The smallest absolute Gasteiger partial charge is 0.409 e. The lowest BCUT2D eigenvalue weighted by Crippen LogP contribution is -2.41. The molecule has 3 amide bonds. The van der Waals surface area contributed by atoms with Gasteiger partial charge in [0.05, 0.1) is 11.8 Å². The van der Waals surface area contributed by atoms with Gasteiger partial charge in [-0.05, 0) is 43.2 Å². The number of fused-ring (bicyclic) bond motifs is 1. The van der Waals surface area contributed by atoms with Crippen LogP contribution in [-0.2, 0) is 6.42 Å². The Morgan fingerprint density at radius 2 is 1.93 bits per heavy atom. The molecule has 27 heavy (non-hydrogen) atoms. The van der Waals surface area contributed by atoms with Gasteiger partial charge in [0.15, 0.2) is 0 Å². The molecule has 1 unspecified atom stereocenters. The average molecular weight is 387 g/mol. The predicted molar refractivity (Wildman–Crippen MR) is 105 cm³/mol. The third-order valence-electron chi connectivity index (χ3n) is 4.30. The second-order valence-electron chi connectivity index (χ2n) is 6.21. The topological polar surface area (TPSA) is 94.0 Å². The van der Waals surface area contributed by atoms with Crippen molar-refractivity contribution < 1.29 is 14.7 Å². The van der Waals surface area contributed by atoms with E-state index < -0.39 is 6.09 Å². The predicted octanol–water partition coefficient (Wildman–Crippen LogP) is 3.77. The fourth-order valence-electron chi connectivity index (χ4n) is 3.02. The fraction of sp³-hybridized carbons (Fsp3) is 0.211. The number of carbonyl (C=O) groups excluding carboxylic acids is 1. The van der Waals surface area contributed by atoms with Crippen LogP contribution in [0.1, 0.15) is 23.6 Å². The zero-order chi connectivity index (χ0) is 19.6. The first-order chi connectivity index (χ1) is 12.9. The van der Waals surface area contributed by atoms with Crippen LogP contribution in [0.4, 0.5) is 15.3 Å². The fourth-order valence-corrected chi connectivity index (χ4v) is 3.15. The van der Waals surface area contributed by atoms with Gasteiger partial charge in [0.25, 0.3) is 0 Å². The second kappa shape index (κ2) is 7.67. The van der Waals surface area contributed by atoms with E-state index in [-0.39, 0.29) is 12.1 Å². The summed E-state index contributed by atoms with van der Waals surface area (Å²) in [4.78, 5) is 23.3. The van der Waals surface area contributed by atoms with E-state index in [0.29, 0.717) is 22.8 Å². The zero-order valence-electron chi connectivity index (χ0n) is 14.9. The molecule has 1 aliphatic heterocycles. The first-order valence-corrected chi connectivity index (χ1v) is 8.75. The number of urea groups is 1. The van der Waals surface area contributed by atoms with Crippen LogP contribution in [0, 0.1) is 0 Å². The molecule has 1 atom stereocenters. The van der Waals surface area contributed by atoms with Crippen molar-refractivity contribution in [2.75, 3.05) is 12.4 Å². The molecule has 0 saturated heterocycles. The maximum Gasteiger partial charge on any atom is 0.409 e. The minimum absolute atomic E-state index is 0.174. The van der Waals surface area contributed by atoms with Crippen LogP contribution in [0.5, 0.6) is 0 Å². The van der Waals surface area contributed by atoms with Gasteiger partial charge in [-0.25, -0.2) is 14.6 Å². The highest BCUT2D eigenvalue weighted by Crippen LogP contribution is 2.27. The molecule has 0 saturated carbocycles. The Morgan fingerprint density at radius 3 is 2.56 bits per heavy atom. The molecule has 0 spiro atoms. The lowest BCUT2D eigenvalue weighted by molar-refractivity contribution is 0.184. The number of nitrogens with zero attached hydrogens (tertiary/aromatic N) is 2. The number of hydrogen-bond donors (Lipinski definition) is 3. The number of amides is 3. The maximum absolute atomic E-state index is 12.3. The average Bonchev–Trinajstić information content (AvgIpc) is 2.77. The molecule has 3 N–H and O–H groups in total. The molecule has 7 nitrogen and oxygen atoms in total. The van der Waals surface area contributed by atoms with Gasteiger partial charge in [0.2, 0.25) is 0 Å². The van der Waals surface area contributed by atoms with Gasteiger partial charge in [-0.2, -0.15) is 5.10 Å². The number of carboxylic acid groups (broad SMARTS) is 1. The van der Waals surface area contributed by atoms with E-state index >= 15 is 0 Å². The van der Waals surface area contributed by atoms with Crippen molar-refractivity contribution in [1.82, 2.24) is 10.3 Å². The zero-order valence-corrected chi connectivity index (χ0v) is 15.6. The van der Waals surface area contributed by atoms with Crippen molar-refractivity contribution in [2.45, 2.75) is 19.4 Å². The quantitative estimate of drug-likeness (QED) is 0.733. The number of hydrazone groups is 1. The number of hydrogen-bond acceptors (Lipinski definition) is 3. The molecular formula is C19H19ClN4O3. The standard InChI is InChI=1S/C19H19ClN4O3/c1-11-9-13-5-8-15(22-19(26)27)10-16(13)17(23-24(11)18(25)21-2)12-3-6-14(20)7-4-12/h3-8,10-11,22H,9H2,1-2H3,(H,21,25)(H,26,27). The summed E-state index contributed by atoms with van der Waals surface area (Å²) in [6.07, 6.45) is -0.564. The number of anilines is 1. The summed E-state index contributed by atoms with van der Waals surface area (Å²) in [5.74, 6) is 0. The Hall–Kier alpha value is -3.06. The van der Waals surface area contributed by atoms with E-state index in [2.05, 4.69) is 15.7 Å². The maximum atomic E-state index is 12.3. The van der Waals surface area contributed by atoms with Gasteiger partial charge in [0.1, 0.15) is 0 Å². The highest BCUT2D eigenvalue weighted by atomic mass is 35.5. The second-order valence-corrected chi connectivity index (χ2v) is 6.65. The van der Waals surface area contributed by atoms with E-state index in [1.165, 1.54) is 5.01 Å². The van der Waals surface area contributed by atoms with E-state index in [1.807, 2.05) is 25.1 Å². The number of benzene rings is 2. The first kappa shape index (κ1) is 18.7. The van der Waals surface area contributed by atoms with Gasteiger partial charge >= 0.3 is 12.1 Å². The molecule has 2 aromatic carbocycles. The minimum atomic E-state index is -1.14. The van der Waals surface area contributed by atoms with Crippen LogP contribution in [0.25, 0.3) is 0 Å². The monoisotopic (exact) mass is 386 g/mol. The number of nitrogens with one attached hydrogen (secondary N) is 2. The van der Waals surface area contributed by atoms with Crippen molar-refractivity contribution >= 4 is 35.1 Å². The summed E-state index contributed by atoms with van der Waals surface area (Å²) < 4.78 is 0. The van der Waals surface area contributed by atoms with Crippen LogP contribution in [0.15, 0.2) is 47.6 Å². The highest BCUT2D eigenvalue weighted by molar-refractivity contribution is 6.30. The number of halogens is 1. The molecule has 140 valence electrons. The van der Waals surface area contributed by atoms with Crippen LogP contribution in [0.2, 0.25) is 5.02 Å². The molecule has 8 heteroatoms. The summed E-state index contributed by atoms with van der Waals surface area (Å²) >= 11 is 6.00. The summed E-state index contributed by atoms with van der Waals surface area (Å²) in [7, 11) is 1.56. The Labute approximate surface area is 161 Å². The highest BCUT2D eigenvalue weighted by Gasteiger charge is 2.27. The van der Waals surface area contributed by atoms with Crippen LogP contribution in [-0.4, -0.2) is 41.0 Å². The molecule has 1 aliphatic rings. The van der Waals surface area contributed by atoms with Crippen molar-refractivity contribution in [3.63, 3.8) is 0 Å². The third kappa shape index (κ3) is 4.03. The van der Waals surface area contributed by atoms with Gasteiger partial charge < -0.3 is 10.4 Å². The lowest BCUT2D eigenvalue weighted by atomic mass is 9.94. The molecule has 0 radical (unpaired) electrons. The SMILES string of the molecule is CNC(=O)N1N=C(c2ccc(Cl)cc2)c2cc(NC(=O)O)ccc2CC1C. The van der Waals surface area contributed by atoms with Gasteiger partial charge in [0, 0.05) is 28.9 Å². The van der Waals surface area contributed by atoms with Crippen molar-refractivity contribution in [3.8, 4) is 0 Å². The Morgan fingerprint density at radius 1 is 1.22 bits per heavy atom. The molecular weight excluding hydrogens is 368 g/mol.